The molecule has 0 aliphatic rings. The highest BCUT2D eigenvalue weighted by molar-refractivity contribution is 7.17. The number of unbranched alkanes of at least 4 members (excludes halogenated alkanes) is 1. The van der Waals surface area contributed by atoms with Gasteiger partial charge < -0.3 is 4.74 Å². The standard InChI is InChI=1S/C12H13ClN2OS/c1-2-3-6-16-7-4-9-11-10(5-8-17-11)15-12(13)14-9/h4-5,7-8H,2-3,6H2,1H3/b7-4+. The maximum absolute atomic E-state index is 5.85. The molecule has 0 aliphatic heterocycles. The lowest BCUT2D eigenvalue weighted by Gasteiger charge is -1.99. The van der Waals surface area contributed by atoms with Crippen LogP contribution in [0, 0.1) is 0 Å². The molecule has 0 fully saturated rings. The zero-order valence-corrected chi connectivity index (χ0v) is 11.1. The Bertz CT molecular complexity index is 524. The molecule has 0 saturated heterocycles. The van der Waals surface area contributed by atoms with Crippen molar-refractivity contribution in [1.82, 2.24) is 9.97 Å². The van der Waals surface area contributed by atoms with Crippen LogP contribution in [0.15, 0.2) is 17.7 Å². The average molecular weight is 269 g/mol. The Morgan fingerprint density at radius 3 is 3.18 bits per heavy atom. The molecule has 17 heavy (non-hydrogen) atoms. The van der Waals surface area contributed by atoms with Crippen molar-refractivity contribution in [1.29, 1.82) is 0 Å². The van der Waals surface area contributed by atoms with Gasteiger partial charge in [-0.05, 0) is 35.5 Å². The van der Waals surface area contributed by atoms with Gasteiger partial charge in [0.1, 0.15) is 0 Å². The molecule has 0 N–H and O–H groups in total. The van der Waals surface area contributed by atoms with Gasteiger partial charge in [0.05, 0.1) is 28.8 Å². The minimum atomic E-state index is 0.268. The summed E-state index contributed by atoms with van der Waals surface area (Å²) in [6, 6.07) is 1.93. The van der Waals surface area contributed by atoms with E-state index in [0.29, 0.717) is 0 Å². The van der Waals surface area contributed by atoms with E-state index in [4.69, 9.17) is 16.3 Å². The molecule has 0 amide bonds. The molecule has 2 rings (SSSR count). The Kier molecular flexibility index (Phi) is 4.34. The predicted octanol–water partition coefficient (Wildman–Crippen LogP) is 4.13. The SMILES string of the molecule is CCCCO/C=C/c1nc(Cl)nc2ccsc12. The molecular weight excluding hydrogens is 256 g/mol. The number of thiophene rings is 1. The molecule has 5 heteroatoms. The number of hydrogen-bond donors (Lipinski definition) is 0. The Balaban J connectivity index is 2.14. The molecule has 0 radical (unpaired) electrons. The predicted molar refractivity (Wildman–Crippen MR) is 72.3 cm³/mol. The number of rotatable bonds is 5. The second kappa shape index (κ2) is 5.98. The number of ether oxygens (including phenoxy) is 1. The number of halogens is 1. The molecule has 2 aromatic rings. The summed E-state index contributed by atoms with van der Waals surface area (Å²) in [7, 11) is 0. The summed E-state index contributed by atoms with van der Waals surface area (Å²) in [5.74, 6) is 0. The summed E-state index contributed by atoms with van der Waals surface area (Å²) >= 11 is 7.45. The number of fused-ring (bicyclic) bond motifs is 1. The Labute approximate surface area is 109 Å². The summed E-state index contributed by atoms with van der Waals surface area (Å²) in [5.41, 5.74) is 1.69. The van der Waals surface area contributed by atoms with Crippen LogP contribution in [0.3, 0.4) is 0 Å². The van der Waals surface area contributed by atoms with Crippen molar-refractivity contribution in [3.05, 3.63) is 28.7 Å². The fourth-order valence-corrected chi connectivity index (χ4v) is 2.36. The first-order valence-electron chi connectivity index (χ1n) is 5.50. The average Bonchev–Trinajstić information content (AvgIpc) is 2.76. The van der Waals surface area contributed by atoms with Gasteiger partial charge in [0.2, 0.25) is 5.28 Å². The molecule has 2 heterocycles. The summed E-state index contributed by atoms with van der Waals surface area (Å²) in [6.07, 6.45) is 5.70. The second-order valence-electron chi connectivity index (χ2n) is 3.54. The quantitative estimate of drug-likeness (QED) is 0.465. The van der Waals surface area contributed by atoms with E-state index in [1.165, 1.54) is 0 Å². The molecule has 0 aliphatic carbocycles. The van der Waals surface area contributed by atoms with E-state index in [-0.39, 0.29) is 5.28 Å². The van der Waals surface area contributed by atoms with Gasteiger partial charge in [-0.2, -0.15) is 0 Å². The normalized spacial score (nSPS) is 11.4. The number of aromatic nitrogens is 2. The van der Waals surface area contributed by atoms with Gasteiger partial charge in [0.25, 0.3) is 0 Å². The summed E-state index contributed by atoms with van der Waals surface area (Å²) in [6.45, 7) is 2.87. The van der Waals surface area contributed by atoms with Crippen molar-refractivity contribution in [2.75, 3.05) is 6.61 Å². The first-order chi connectivity index (χ1) is 8.31. The van der Waals surface area contributed by atoms with Gasteiger partial charge >= 0.3 is 0 Å². The van der Waals surface area contributed by atoms with E-state index in [1.54, 1.807) is 17.6 Å². The molecule has 0 bridgehead atoms. The van der Waals surface area contributed by atoms with E-state index in [9.17, 15) is 0 Å². The van der Waals surface area contributed by atoms with Crippen molar-refractivity contribution in [3.8, 4) is 0 Å². The van der Waals surface area contributed by atoms with Crippen molar-refractivity contribution >= 4 is 39.2 Å². The summed E-state index contributed by atoms with van der Waals surface area (Å²) in [4.78, 5) is 8.33. The highest BCUT2D eigenvalue weighted by atomic mass is 35.5. The highest BCUT2D eigenvalue weighted by Crippen LogP contribution is 2.24. The Morgan fingerprint density at radius 1 is 1.47 bits per heavy atom. The minimum absolute atomic E-state index is 0.268. The first-order valence-corrected chi connectivity index (χ1v) is 6.76. The molecule has 0 spiro atoms. The van der Waals surface area contributed by atoms with Crippen LogP contribution in [-0.2, 0) is 4.74 Å². The Hall–Kier alpha value is -1.13. The van der Waals surface area contributed by atoms with Gasteiger partial charge in [-0.1, -0.05) is 13.3 Å². The zero-order valence-electron chi connectivity index (χ0n) is 9.52. The molecule has 90 valence electrons. The van der Waals surface area contributed by atoms with Crippen LogP contribution in [0.4, 0.5) is 0 Å². The van der Waals surface area contributed by atoms with Crippen molar-refractivity contribution in [3.63, 3.8) is 0 Å². The lowest BCUT2D eigenvalue weighted by Crippen LogP contribution is -1.88. The van der Waals surface area contributed by atoms with Gasteiger partial charge in [0, 0.05) is 0 Å². The van der Waals surface area contributed by atoms with E-state index in [2.05, 4.69) is 16.9 Å². The van der Waals surface area contributed by atoms with E-state index in [1.807, 2.05) is 17.5 Å². The number of hydrogen-bond acceptors (Lipinski definition) is 4. The van der Waals surface area contributed by atoms with Crippen LogP contribution in [0.2, 0.25) is 5.28 Å². The van der Waals surface area contributed by atoms with E-state index in [0.717, 1.165) is 35.4 Å². The van der Waals surface area contributed by atoms with Crippen molar-refractivity contribution < 1.29 is 4.74 Å². The molecule has 0 saturated carbocycles. The number of nitrogens with zero attached hydrogens (tertiary/aromatic N) is 2. The lowest BCUT2D eigenvalue weighted by atomic mass is 10.3. The first kappa shape index (κ1) is 12.3. The molecule has 3 nitrogen and oxygen atoms in total. The Morgan fingerprint density at radius 2 is 2.35 bits per heavy atom. The van der Waals surface area contributed by atoms with Crippen LogP contribution in [0.1, 0.15) is 25.5 Å². The van der Waals surface area contributed by atoms with Gasteiger partial charge in [-0.25, -0.2) is 9.97 Å². The third kappa shape index (κ3) is 3.17. The maximum atomic E-state index is 5.85. The summed E-state index contributed by atoms with van der Waals surface area (Å²) in [5, 5.41) is 2.24. The fourth-order valence-electron chi connectivity index (χ4n) is 1.38. The van der Waals surface area contributed by atoms with Crippen LogP contribution < -0.4 is 0 Å². The molecule has 0 aromatic carbocycles. The van der Waals surface area contributed by atoms with Crippen LogP contribution in [-0.4, -0.2) is 16.6 Å². The van der Waals surface area contributed by atoms with Crippen molar-refractivity contribution in [2.24, 2.45) is 0 Å². The lowest BCUT2D eigenvalue weighted by molar-refractivity contribution is 0.246. The minimum Gasteiger partial charge on any atom is -0.501 e. The van der Waals surface area contributed by atoms with Gasteiger partial charge in [-0.15, -0.1) is 11.3 Å². The monoisotopic (exact) mass is 268 g/mol. The largest absolute Gasteiger partial charge is 0.501 e. The molecule has 2 aromatic heterocycles. The molecule has 0 atom stereocenters. The second-order valence-corrected chi connectivity index (χ2v) is 4.79. The summed E-state index contributed by atoms with van der Waals surface area (Å²) < 4.78 is 6.40. The topological polar surface area (TPSA) is 35.0 Å². The van der Waals surface area contributed by atoms with Crippen LogP contribution >= 0.6 is 22.9 Å². The zero-order chi connectivity index (χ0) is 12.1. The van der Waals surface area contributed by atoms with Gasteiger partial charge in [0.15, 0.2) is 0 Å². The fraction of sp³-hybridized carbons (Fsp3) is 0.333. The van der Waals surface area contributed by atoms with Crippen LogP contribution in [0.5, 0.6) is 0 Å². The van der Waals surface area contributed by atoms with Gasteiger partial charge in [-0.3, -0.25) is 0 Å². The maximum Gasteiger partial charge on any atom is 0.223 e. The molecular formula is C12H13ClN2OS. The molecule has 0 unspecified atom stereocenters. The van der Waals surface area contributed by atoms with E-state index >= 15 is 0 Å². The van der Waals surface area contributed by atoms with E-state index < -0.39 is 0 Å². The smallest absolute Gasteiger partial charge is 0.223 e. The highest BCUT2D eigenvalue weighted by Gasteiger charge is 2.05. The third-order valence-electron chi connectivity index (χ3n) is 2.24. The third-order valence-corrected chi connectivity index (χ3v) is 3.34. The van der Waals surface area contributed by atoms with Crippen molar-refractivity contribution in [2.45, 2.75) is 19.8 Å². The van der Waals surface area contributed by atoms with Crippen LogP contribution in [0.25, 0.3) is 16.3 Å².